The van der Waals surface area contributed by atoms with Gasteiger partial charge < -0.3 is 5.32 Å². The zero-order valence-corrected chi connectivity index (χ0v) is 17.4. The zero-order chi connectivity index (χ0) is 18.7. The third-order valence-corrected chi connectivity index (χ3v) is 5.22. The Hall–Kier alpha value is -0.480. The largest absolute Gasteiger partial charge is 0.332 e. The van der Waals surface area contributed by atoms with E-state index in [0.29, 0.717) is 5.56 Å². The maximum atomic E-state index is 12.7. The molecule has 0 unspecified atom stereocenters. The van der Waals surface area contributed by atoms with Crippen LogP contribution in [0.5, 0.6) is 0 Å². The van der Waals surface area contributed by atoms with Crippen molar-refractivity contribution >= 4 is 40.7 Å². The molecular weight excluding hydrogens is 379 g/mol. The Labute approximate surface area is 166 Å². The van der Waals surface area contributed by atoms with Crippen molar-refractivity contribution in [1.82, 2.24) is 10.2 Å². The van der Waals surface area contributed by atoms with E-state index < -0.39 is 9.96 Å². The van der Waals surface area contributed by atoms with Gasteiger partial charge in [0.25, 0.3) is 5.91 Å². The highest BCUT2D eigenvalue weighted by Crippen LogP contribution is 2.33. The van der Waals surface area contributed by atoms with Crippen LogP contribution in [-0.4, -0.2) is 33.9 Å². The van der Waals surface area contributed by atoms with Gasteiger partial charge in [-0.1, -0.05) is 80.5 Å². The summed E-state index contributed by atoms with van der Waals surface area (Å²) in [7, 11) is 0. The van der Waals surface area contributed by atoms with Crippen LogP contribution in [0, 0.1) is 0 Å². The predicted octanol–water partition coefficient (Wildman–Crippen LogP) is 5.29. The molecule has 0 bridgehead atoms. The average molecular weight is 406 g/mol. The summed E-state index contributed by atoms with van der Waals surface area (Å²) in [5.74, 6) is -0.221. The number of rotatable bonds is 3. The van der Waals surface area contributed by atoms with Crippen LogP contribution in [0.3, 0.4) is 0 Å². The summed E-state index contributed by atoms with van der Waals surface area (Å²) < 4.78 is -1.58. The van der Waals surface area contributed by atoms with E-state index in [9.17, 15) is 4.79 Å². The van der Waals surface area contributed by atoms with E-state index in [0.717, 1.165) is 25.9 Å². The van der Waals surface area contributed by atoms with Gasteiger partial charge in [-0.05, 0) is 36.0 Å². The van der Waals surface area contributed by atoms with Crippen molar-refractivity contribution in [2.75, 3.05) is 13.1 Å². The highest BCUT2D eigenvalue weighted by Gasteiger charge is 2.38. The van der Waals surface area contributed by atoms with Gasteiger partial charge in [0.2, 0.25) is 3.79 Å². The molecule has 1 saturated heterocycles. The number of nitrogens with zero attached hydrogens (tertiary/aromatic N) is 1. The zero-order valence-electron chi connectivity index (χ0n) is 15.1. The van der Waals surface area contributed by atoms with Gasteiger partial charge in [0.15, 0.2) is 0 Å². The number of carbonyl (C=O) groups excluding carboxylic acids is 1. The van der Waals surface area contributed by atoms with Gasteiger partial charge in [-0.25, -0.2) is 0 Å². The molecule has 1 heterocycles. The highest BCUT2D eigenvalue weighted by atomic mass is 35.6. The minimum atomic E-state index is -1.58. The Kier molecular flexibility index (Phi) is 7.06. The molecule has 2 rings (SSSR count). The van der Waals surface area contributed by atoms with Crippen LogP contribution in [0.4, 0.5) is 0 Å². The first-order chi connectivity index (χ1) is 11.6. The molecule has 140 valence electrons. The molecule has 0 aliphatic carbocycles. The fraction of sp³-hybridized carbons (Fsp3) is 0.632. The number of halogens is 3. The second kappa shape index (κ2) is 8.47. The first-order valence-electron chi connectivity index (χ1n) is 8.81. The molecule has 1 aliphatic rings. The van der Waals surface area contributed by atoms with Gasteiger partial charge in [-0.15, -0.1) is 0 Å². The predicted molar refractivity (Wildman–Crippen MR) is 107 cm³/mol. The molecule has 25 heavy (non-hydrogen) atoms. The highest BCUT2D eigenvalue weighted by molar-refractivity contribution is 6.68. The number of hydrogen-bond donors (Lipinski definition) is 1. The van der Waals surface area contributed by atoms with Crippen molar-refractivity contribution in [3.63, 3.8) is 0 Å². The maximum Gasteiger partial charge on any atom is 0.252 e. The molecule has 1 amide bonds. The summed E-state index contributed by atoms with van der Waals surface area (Å²) in [6.45, 7) is 8.06. The fourth-order valence-electron chi connectivity index (χ4n) is 3.06. The number of amides is 1. The molecule has 0 spiro atoms. The van der Waals surface area contributed by atoms with Crippen LogP contribution in [0.25, 0.3) is 0 Å². The topological polar surface area (TPSA) is 32.3 Å². The quantitative estimate of drug-likeness (QED) is 0.693. The minimum absolute atomic E-state index is 0.0428. The van der Waals surface area contributed by atoms with Gasteiger partial charge in [0.05, 0.1) is 0 Å². The molecule has 1 N–H and O–H groups in total. The number of benzene rings is 1. The lowest BCUT2D eigenvalue weighted by Crippen LogP contribution is -2.55. The van der Waals surface area contributed by atoms with E-state index in [4.69, 9.17) is 34.8 Å². The van der Waals surface area contributed by atoms with E-state index in [1.54, 1.807) is 0 Å². The standard InChI is InChI=1S/C19H27Cl3N2O/c1-18(2,3)15-10-8-14(9-11-15)16(25)23-17(19(20,21)22)24-12-6-4-5-7-13-24/h8-11,17H,4-7,12-13H2,1-3H3,(H,23,25)/t17-/m0/s1. The monoisotopic (exact) mass is 404 g/mol. The molecule has 0 saturated carbocycles. The van der Waals surface area contributed by atoms with E-state index in [1.807, 2.05) is 24.3 Å². The second-order valence-corrected chi connectivity index (χ2v) is 10.1. The van der Waals surface area contributed by atoms with Crippen molar-refractivity contribution in [3.05, 3.63) is 35.4 Å². The summed E-state index contributed by atoms with van der Waals surface area (Å²) in [6, 6.07) is 7.61. The first-order valence-corrected chi connectivity index (χ1v) is 9.94. The maximum absolute atomic E-state index is 12.7. The summed E-state index contributed by atoms with van der Waals surface area (Å²) in [5.41, 5.74) is 1.79. The Bertz CT molecular complexity index is 568. The number of carbonyl (C=O) groups is 1. The normalized spacial score (nSPS) is 18.5. The molecular formula is C19H27Cl3N2O. The van der Waals surface area contributed by atoms with Crippen LogP contribution < -0.4 is 5.32 Å². The number of hydrogen-bond acceptors (Lipinski definition) is 2. The Morgan fingerprint density at radius 1 is 1.00 bits per heavy atom. The lowest BCUT2D eigenvalue weighted by molar-refractivity contribution is 0.0853. The van der Waals surface area contributed by atoms with Gasteiger partial charge >= 0.3 is 0 Å². The summed E-state index contributed by atoms with van der Waals surface area (Å²) in [6.07, 6.45) is 3.81. The number of nitrogens with one attached hydrogen (secondary N) is 1. The van der Waals surface area contributed by atoms with E-state index in [-0.39, 0.29) is 11.3 Å². The molecule has 1 aliphatic heterocycles. The summed E-state index contributed by atoms with van der Waals surface area (Å²) in [4.78, 5) is 14.7. The lowest BCUT2D eigenvalue weighted by atomic mass is 9.87. The van der Waals surface area contributed by atoms with Gasteiger partial charge in [-0.2, -0.15) is 0 Å². The number of alkyl halides is 3. The summed E-state index contributed by atoms with van der Waals surface area (Å²) in [5, 5.41) is 2.92. The van der Waals surface area contributed by atoms with Crippen LogP contribution in [0.2, 0.25) is 0 Å². The Balaban J connectivity index is 2.13. The fourth-order valence-corrected chi connectivity index (χ4v) is 3.64. The van der Waals surface area contributed by atoms with Gasteiger partial charge in [-0.3, -0.25) is 9.69 Å². The molecule has 3 nitrogen and oxygen atoms in total. The third kappa shape index (κ3) is 6.02. The lowest BCUT2D eigenvalue weighted by Gasteiger charge is -2.35. The van der Waals surface area contributed by atoms with Crippen LogP contribution in [-0.2, 0) is 5.41 Å². The van der Waals surface area contributed by atoms with Crippen LogP contribution >= 0.6 is 34.8 Å². The van der Waals surface area contributed by atoms with E-state index in [1.165, 1.54) is 18.4 Å². The smallest absolute Gasteiger partial charge is 0.252 e. The Morgan fingerprint density at radius 2 is 1.52 bits per heavy atom. The van der Waals surface area contributed by atoms with Crippen molar-refractivity contribution < 1.29 is 4.79 Å². The van der Waals surface area contributed by atoms with Crippen molar-refractivity contribution in [3.8, 4) is 0 Å². The molecule has 1 aromatic rings. The van der Waals surface area contributed by atoms with Crippen LogP contribution in [0.1, 0.15) is 62.4 Å². The molecule has 1 fully saturated rings. The summed E-state index contributed by atoms with van der Waals surface area (Å²) >= 11 is 18.5. The first kappa shape index (κ1) is 20.8. The van der Waals surface area contributed by atoms with Crippen molar-refractivity contribution in [2.45, 2.75) is 61.8 Å². The average Bonchev–Trinajstić information content (AvgIpc) is 2.79. The van der Waals surface area contributed by atoms with Crippen LogP contribution in [0.15, 0.2) is 24.3 Å². The SMILES string of the molecule is CC(C)(C)c1ccc(C(=O)N[C@@H](N2CCCCCC2)C(Cl)(Cl)Cl)cc1. The molecule has 0 aromatic heterocycles. The van der Waals surface area contributed by atoms with Gasteiger partial charge in [0.1, 0.15) is 6.17 Å². The molecule has 0 radical (unpaired) electrons. The Morgan fingerprint density at radius 3 is 1.96 bits per heavy atom. The van der Waals surface area contributed by atoms with Crippen molar-refractivity contribution in [1.29, 1.82) is 0 Å². The van der Waals surface area contributed by atoms with Crippen molar-refractivity contribution in [2.24, 2.45) is 0 Å². The van der Waals surface area contributed by atoms with E-state index in [2.05, 4.69) is 31.0 Å². The third-order valence-electron chi connectivity index (χ3n) is 4.60. The van der Waals surface area contributed by atoms with Gasteiger partial charge in [0, 0.05) is 18.7 Å². The number of likely N-dealkylation sites (tertiary alicyclic amines) is 1. The second-order valence-electron chi connectivity index (χ2n) is 7.70. The minimum Gasteiger partial charge on any atom is -0.332 e. The molecule has 1 aromatic carbocycles. The molecule has 1 atom stereocenters. The molecule has 6 heteroatoms. The van der Waals surface area contributed by atoms with E-state index >= 15 is 0 Å².